The lowest BCUT2D eigenvalue weighted by Crippen LogP contribution is -2.17. The Hall–Kier alpha value is -3.98. The van der Waals surface area contributed by atoms with Crippen LogP contribution < -0.4 is 0 Å². The van der Waals surface area contributed by atoms with E-state index in [0.717, 1.165) is 48.0 Å². The van der Waals surface area contributed by atoms with Crippen LogP contribution in [0.5, 0.6) is 0 Å². The fourth-order valence-electron chi connectivity index (χ4n) is 4.34. The van der Waals surface area contributed by atoms with Gasteiger partial charge in [-0.25, -0.2) is 14.6 Å². The first-order chi connectivity index (χ1) is 15.6. The average Bonchev–Trinajstić information content (AvgIpc) is 3.43. The number of nitriles is 1. The second kappa shape index (κ2) is 8.27. The summed E-state index contributed by atoms with van der Waals surface area (Å²) >= 11 is 0. The molecule has 0 N–H and O–H groups in total. The van der Waals surface area contributed by atoms with Crippen molar-refractivity contribution in [1.82, 2.24) is 24.3 Å². The molecule has 0 radical (unpaired) electrons. The molecule has 0 aliphatic carbocycles. The molecule has 1 atom stereocenters. The van der Waals surface area contributed by atoms with Crippen molar-refractivity contribution in [1.29, 1.82) is 5.26 Å². The lowest BCUT2D eigenvalue weighted by molar-refractivity contribution is 0.445. The van der Waals surface area contributed by atoms with E-state index >= 15 is 0 Å². The predicted molar refractivity (Wildman–Crippen MR) is 124 cm³/mol. The van der Waals surface area contributed by atoms with Crippen molar-refractivity contribution in [2.75, 3.05) is 0 Å². The summed E-state index contributed by atoms with van der Waals surface area (Å²) in [6.07, 6.45) is 10.0. The summed E-state index contributed by atoms with van der Waals surface area (Å²) in [4.78, 5) is 9.16. The first-order valence-corrected chi connectivity index (χ1v) is 10.9. The van der Waals surface area contributed by atoms with Gasteiger partial charge < -0.3 is 4.57 Å². The molecule has 0 bridgehead atoms. The highest BCUT2D eigenvalue weighted by Crippen LogP contribution is 2.32. The molecule has 0 saturated carbocycles. The summed E-state index contributed by atoms with van der Waals surface area (Å²) in [6.45, 7) is 4.99. The molecule has 2 aromatic carbocycles. The van der Waals surface area contributed by atoms with Crippen LogP contribution in [0.4, 0.5) is 0 Å². The Morgan fingerprint density at radius 1 is 1.09 bits per heavy atom. The maximum Gasteiger partial charge on any atom is 0.174 e. The highest BCUT2D eigenvalue weighted by Gasteiger charge is 2.25. The monoisotopic (exact) mass is 420 g/mol. The third kappa shape index (κ3) is 3.85. The van der Waals surface area contributed by atoms with Crippen LogP contribution in [0.2, 0.25) is 0 Å². The van der Waals surface area contributed by atoms with E-state index in [0.29, 0.717) is 5.56 Å². The second-order valence-electron chi connectivity index (χ2n) is 8.28. The Morgan fingerprint density at radius 3 is 2.66 bits per heavy atom. The fourth-order valence-corrected chi connectivity index (χ4v) is 4.34. The standard InChI is InChI=1S/C26H24N6/c1-18-14-20(7-11-24(18)31-16-19(2)28-17-31)8-12-25-29-26-23(4-3-13-32(26)30-25)22-9-5-21(15-27)6-10-22/h5-12,14,16-17,23H,3-4,13H2,1-2H3/b12-8+/t23-/m1/s1. The molecular formula is C26H24N6. The van der Waals surface area contributed by atoms with Gasteiger partial charge in [0.15, 0.2) is 5.82 Å². The van der Waals surface area contributed by atoms with E-state index < -0.39 is 0 Å². The molecule has 5 rings (SSSR count). The minimum Gasteiger partial charge on any atom is -0.306 e. The Kier molecular flexibility index (Phi) is 5.16. The van der Waals surface area contributed by atoms with Crippen molar-refractivity contribution < 1.29 is 0 Å². The van der Waals surface area contributed by atoms with Gasteiger partial charge in [-0.1, -0.05) is 24.3 Å². The molecule has 2 aromatic heterocycles. The number of hydrogen-bond acceptors (Lipinski definition) is 4. The zero-order valence-electron chi connectivity index (χ0n) is 18.2. The van der Waals surface area contributed by atoms with E-state index in [-0.39, 0.29) is 5.92 Å². The number of benzene rings is 2. The molecule has 1 aliphatic rings. The molecule has 6 heteroatoms. The molecule has 0 spiro atoms. The van der Waals surface area contributed by atoms with E-state index in [1.165, 1.54) is 11.1 Å². The van der Waals surface area contributed by atoms with E-state index in [4.69, 9.17) is 15.3 Å². The smallest absolute Gasteiger partial charge is 0.174 e. The highest BCUT2D eigenvalue weighted by molar-refractivity contribution is 5.68. The number of aromatic nitrogens is 5. The number of hydrogen-bond donors (Lipinski definition) is 0. The molecule has 0 unspecified atom stereocenters. The number of rotatable bonds is 4. The van der Waals surface area contributed by atoms with E-state index in [9.17, 15) is 0 Å². The average molecular weight is 421 g/mol. The molecule has 1 aliphatic heterocycles. The van der Waals surface area contributed by atoms with Crippen molar-refractivity contribution in [2.45, 2.75) is 39.2 Å². The Bertz CT molecular complexity index is 1330. The summed E-state index contributed by atoms with van der Waals surface area (Å²) in [5, 5.41) is 13.8. The third-order valence-electron chi connectivity index (χ3n) is 5.97. The van der Waals surface area contributed by atoms with Crippen LogP contribution >= 0.6 is 0 Å². The molecule has 4 aromatic rings. The van der Waals surface area contributed by atoms with Gasteiger partial charge in [0.05, 0.1) is 23.7 Å². The lowest BCUT2D eigenvalue weighted by atomic mass is 9.91. The van der Waals surface area contributed by atoms with Gasteiger partial charge in [0, 0.05) is 24.3 Å². The SMILES string of the molecule is Cc1cn(-c2ccc(/C=C/c3nc4n(n3)CCC[C@@H]4c3ccc(C#N)cc3)cc2C)cn1. The van der Waals surface area contributed by atoms with Gasteiger partial charge >= 0.3 is 0 Å². The summed E-state index contributed by atoms with van der Waals surface area (Å²) in [5.41, 5.74) is 6.29. The van der Waals surface area contributed by atoms with Crippen molar-refractivity contribution in [3.63, 3.8) is 0 Å². The van der Waals surface area contributed by atoms with E-state index in [1.807, 2.05) is 59.0 Å². The molecule has 32 heavy (non-hydrogen) atoms. The van der Waals surface area contributed by atoms with E-state index in [2.05, 4.69) is 42.3 Å². The summed E-state index contributed by atoms with van der Waals surface area (Å²) < 4.78 is 4.08. The van der Waals surface area contributed by atoms with Crippen LogP contribution in [0, 0.1) is 25.2 Å². The van der Waals surface area contributed by atoms with Gasteiger partial charge in [-0.2, -0.15) is 10.4 Å². The fraction of sp³-hybridized carbons (Fsp3) is 0.231. The van der Waals surface area contributed by atoms with Crippen LogP contribution in [0.3, 0.4) is 0 Å². The Labute approximate surface area is 187 Å². The van der Waals surface area contributed by atoms with Crippen molar-refractivity contribution in [2.24, 2.45) is 0 Å². The molecule has 6 nitrogen and oxygen atoms in total. The van der Waals surface area contributed by atoms with Crippen molar-refractivity contribution >= 4 is 12.2 Å². The first kappa shape index (κ1) is 20.0. The zero-order chi connectivity index (χ0) is 22.1. The van der Waals surface area contributed by atoms with Gasteiger partial charge in [0.25, 0.3) is 0 Å². The van der Waals surface area contributed by atoms with Gasteiger partial charge in [-0.3, -0.25) is 0 Å². The Morgan fingerprint density at radius 2 is 1.94 bits per heavy atom. The first-order valence-electron chi connectivity index (χ1n) is 10.9. The lowest BCUT2D eigenvalue weighted by Gasteiger charge is -2.22. The van der Waals surface area contributed by atoms with Crippen LogP contribution in [0.1, 0.15) is 58.4 Å². The Balaban J connectivity index is 1.38. The van der Waals surface area contributed by atoms with Crippen molar-refractivity contribution in [3.05, 3.63) is 94.6 Å². The minimum atomic E-state index is 0.214. The van der Waals surface area contributed by atoms with Crippen molar-refractivity contribution in [3.8, 4) is 11.8 Å². The van der Waals surface area contributed by atoms with Gasteiger partial charge in [0.1, 0.15) is 5.82 Å². The quantitative estimate of drug-likeness (QED) is 0.463. The third-order valence-corrected chi connectivity index (χ3v) is 5.97. The summed E-state index contributed by atoms with van der Waals surface area (Å²) in [5.74, 6) is 1.95. The molecular weight excluding hydrogens is 396 g/mol. The van der Waals surface area contributed by atoms with E-state index in [1.54, 1.807) is 0 Å². The largest absolute Gasteiger partial charge is 0.306 e. The maximum atomic E-state index is 9.06. The highest BCUT2D eigenvalue weighted by atomic mass is 15.4. The number of imidazole rings is 1. The molecule has 0 amide bonds. The van der Waals surface area contributed by atoms with Gasteiger partial charge in [-0.15, -0.1) is 0 Å². The topological polar surface area (TPSA) is 72.3 Å². The molecule has 0 fully saturated rings. The number of nitrogens with zero attached hydrogens (tertiary/aromatic N) is 6. The molecule has 3 heterocycles. The second-order valence-corrected chi connectivity index (χ2v) is 8.28. The van der Waals surface area contributed by atoms with Crippen LogP contribution in [0.25, 0.3) is 17.8 Å². The van der Waals surface area contributed by atoms with Crippen LogP contribution in [0.15, 0.2) is 55.0 Å². The number of fused-ring (bicyclic) bond motifs is 1. The number of aryl methyl sites for hydroxylation is 3. The summed E-state index contributed by atoms with van der Waals surface area (Å²) in [6, 6.07) is 16.4. The summed E-state index contributed by atoms with van der Waals surface area (Å²) in [7, 11) is 0. The molecule has 158 valence electrons. The van der Waals surface area contributed by atoms with Crippen LogP contribution in [-0.4, -0.2) is 24.3 Å². The van der Waals surface area contributed by atoms with Gasteiger partial charge in [-0.05, 0) is 73.7 Å². The van der Waals surface area contributed by atoms with Gasteiger partial charge in [0.2, 0.25) is 0 Å². The zero-order valence-corrected chi connectivity index (χ0v) is 18.2. The predicted octanol–water partition coefficient (Wildman–Crippen LogP) is 5.05. The normalized spacial score (nSPS) is 15.6. The molecule has 0 saturated heterocycles. The van der Waals surface area contributed by atoms with Crippen LogP contribution in [-0.2, 0) is 6.54 Å². The maximum absolute atomic E-state index is 9.06. The minimum absolute atomic E-state index is 0.214.